The molecule has 8 heteroatoms. The Morgan fingerprint density at radius 3 is 2.73 bits per heavy atom. The molecule has 7 nitrogen and oxygen atoms in total. The van der Waals surface area contributed by atoms with Crippen LogP contribution in [0, 0.1) is 6.92 Å². The fraction of sp³-hybridized carbons (Fsp3) is 0.276. The summed E-state index contributed by atoms with van der Waals surface area (Å²) in [6, 6.07) is 14.7. The molecule has 0 saturated carbocycles. The standard InChI is InChI=1S/C29H28N2O5S/c1-4-35-29(33)25-21-10-5-6-11-24(21)37-28(25)31-27-22(26(32)30-19-9-7-8-17(2)14-19)16-18-15-20(34-3)12-13-23(18)36-27/h7-9,12-16H,4-6,10-11H2,1-3H3,(H,30,32). The molecule has 0 spiro atoms. The third kappa shape index (κ3) is 5.15. The number of thiophene rings is 1. The summed E-state index contributed by atoms with van der Waals surface area (Å²) in [6.07, 6.45) is 3.80. The highest BCUT2D eigenvalue weighted by Crippen LogP contribution is 2.40. The molecule has 2 aromatic carbocycles. The summed E-state index contributed by atoms with van der Waals surface area (Å²) in [5.74, 6) is -0.110. The maximum atomic E-state index is 13.5. The minimum atomic E-state index is -0.392. The Morgan fingerprint density at radius 2 is 1.95 bits per heavy atom. The number of nitrogens with one attached hydrogen (secondary N) is 1. The van der Waals surface area contributed by atoms with Crippen molar-refractivity contribution in [2.45, 2.75) is 39.5 Å². The lowest BCUT2D eigenvalue weighted by atomic mass is 9.95. The second kappa shape index (κ2) is 10.6. The first kappa shape index (κ1) is 24.8. The molecule has 5 rings (SSSR count). The van der Waals surface area contributed by atoms with Gasteiger partial charge in [-0.3, -0.25) is 4.79 Å². The molecule has 0 radical (unpaired) electrons. The Labute approximate surface area is 218 Å². The van der Waals surface area contributed by atoms with Crippen LogP contribution in [-0.4, -0.2) is 25.6 Å². The number of fused-ring (bicyclic) bond motifs is 2. The maximum Gasteiger partial charge on any atom is 0.341 e. The van der Waals surface area contributed by atoms with E-state index in [1.807, 2.05) is 31.2 Å². The van der Waals surface area contributed by atoms with Gasteiger partial charge in [0.1, 0.15) is 21.9 Å². The van der Waals surface area contributed by atoms with Crippen molar-refractivity contribution in [1.29, 1.82) is 0 Å². The van der Waals surface area contributed by atoms with Crippen molar-refractivity contribution >= 4 is 44.9 Å². The summed E-state index contributed by atoms with van der Waals surface area (Å²) in [6.45, 7) is 4.02. The smallest absolute Gasteiger partial charge is 0.341 e. The first-order valence-electron chi connectivity index (χ1n) is 12.3. The molecule has 1 amide bonds. The van der Waals surface area contributed by atoms with Crippen LogP contribution in [0.3, 0.4) is 0 Å². The molecule has 1 N–H and O–H groups in total. The largest absolute Gasteiger partial charge is 0.497 e. The number of methoxy groups -OCH3 is 1. The van der Waals surface area contributed by atoms with Crippen LogP contribution in [0.15, 0.2) is 57.9 Å². The van der Waals surface area contributed by atoms with Crippen molar-refractivity contribution in [2.75, 3.05) is 19.0 Å². The van der Waals surface area contributed by atoms with Crippen LogP contribution in [0.4, 0.5) is 10.7 Å². The number of hydrogen-bond acceptors (Lipinski definition) is 7. The number of ether oxygens (including phenoxy) is 2. The van der Waals surface area contributed by atoms with Gasteiger partial charge in [-0.1, -0.05) is 12.1 Å². The van der Waals surface area contributed by atoms with E-state index in [2.05, 4.69) is 5.32 Å². The van der Waals surface area contributed by atoms with Gasteiger partial charge in [-0.2, -0.15) is 0 Å². The quantitative estimate of drug-likeness (QED) is 0.302. The van der Waals surface area contributed by atoms with E-state index in [9.17, 15) is 9.59 Å². The summed E-state index contributed by atoms with van der Waals surface area (Å²) in [5.41, 5.74) is 4.11. The molecule has 190 valence electrons. The topological polar surface area (TPSA) is 90.1 Å². The molecular weight excluding hydrogens is 488 g/mol. The van der Waals surface area contributed by atoms with E-state index < -0.39 is 5.97 Å². The number of hydrogen-bond donors (Lipinski definition) is 1. The lowest BCUT2D eigenvalue weighted by molar-refractivity contribution is 0.0526. The molecule has 0 saturated heterocycles. The summed E-state index contributed by atoms with van der Waals surface area (Å²) in [4.78, 5) is 32.4. The minimum absolute atomic E-state index is 0.131. The average molecular weight is 517 g/mol. The normalized spacial score (nSPS) is 13.3. The lowest BCUT2D eigenvalue weighted by Gasteiger charge is -2.11. The van der Waals surface area contributed by atoms with Gasteiger partial charge in [0, 0.05) is 16.0 Å². The predicted octanol–water partition coefficient (Wildman–Crippen LogP) is 6.35. The van der Waals surface area contributed by atoms with Crippen molar-refractivity contribution in [3.05, 3.63) is 81.2 Å². The molecule has 0 fully saturated rings. The Hall–Kier alpha value is -3.91. The van der Waals surface area contributed by atoms with Crippen molar-refractivity contribution in [3.8, 4) is 5.75 Å². The molecule has 2 aromatic heterocycles. The van der Waals surface area contributed by atoms with Crippen LogP contribution >= 0.6 is 11.3 Å². The highest BCUT2D eigenvalue weighted by molar-refractivity contribution is 7.16. The molecular formula is C29H28N2O5S. The highest BCUT2D eigenvalue weighted by atomic mass is 32.1. The van der Waals surface area contributed by atoms with Gasteiger partial charge in [-0.05, 0) is 87.1 Å². The van der Waals surface area contributed by atoms with E-state index in [1.165, 1.54) is 11.3 Å². The van der Waals surface area contributed by atoms with Crippen LogP contribution in [-0.2, 0) is 17.6 Å². The van der Waals surface area contributed by atoms with Gasteiger partial charge in [-0.25, -0.2) is 9.79 Å². The first-order valence-corrected chi connectivity index (χ1v) is 13.1. The molecule has 37 heavy (non-hydrogen) atoms. The third-order valence-electron chi connectivity index (χ3n) is 6.31. The zero-order valence-electron chi connectivity index (χ0n) is 21.1. The second-order valence-electron chi connectivity index (χ2n) is 8.92. The van der Waals surface area contributed by atoms with E-state index in [0.717, 1.165) is 41.7 Å². The molecule has 4 aromatic rings. The van der Waals surface area contributed by atoms with Gasteiger partial charge >= 0.3 is 5.97 Å². The number of carbonyl (C=O) groups excluding carboxylic acids is 2. The number of benzene rings is 2. The molecule has 2 heterocycles. The zero-order valence-corrected chi connectivity index (χ0v) is 21.9. The Bertz CT molecular complexity index is 1570. The van der Waals surface area contributed by atoms with Gasteiger partial charge in [0.2, 0.25) is 5.55 Å². The highest BCUT2D eigenvalue weighted by Gasteiger charge is 2.27. The molecule has 1 aliphatic rings. The predicted molar refractivity (Wildman–Crippen MR) is 144 cm³/mol. The lowest BCUT2D eigenvalue weighted by Crippen LogP contribution is -2.21. The monoisotopic (exact) mass is 516 g/mol. The van der Waals surface area contributed by atoms with E-state index in [4.69, 9.17) is 18.9 Å². The van der Waals surface area contributed by atoms with E-state index in [0.29, 0.717) is 33.0 Å². The van der Waals surface area contributed by atoms with Gasteiger partial charge in [-0.15, -0.1) is 11.3 Å². The fourth-order valence-corrected chi connectivity index (χ4v) is 5.78. The number of aryl methyl sites for hydroxylation is 2. The van der Waals surface area contributed by atoms with Gasteiger partial charge in [0.25, 0.3) is 5.91 Å². The van der Waals surface area contributed by atoms with Crippen LogP contribution in [0.25, 0.3) is 11.0 Å². The SMILES string of the molecule is CCOC(=O)c1c(N=c2oc3ccc(OC)cc3cc2C(=O)Nc2cccc(C)c2)sc2c1CCCC2. The summed E-state index contributed by atoms with van der Waals surface area (Å²) >= 11 is 1.47. The molecule has 1 aliphatic carbocycles. The Kier molecular flexibility index (Phi) is 7.10. The molecule has 0 atom stereocenters. The van der Waals surface area contributed by atoms with Crippen LogP contribution < -0.4 is 15.6 Å². The number of carbonyl (C=O) groups is 2. The summed E-state index contributed by atoms with van der Waals surface area (Å²) < 4.78 is 16.9. The van der Waals surface area contributed by atoms with Gasteiger partial charge in [0.15, 0.2) is 0 Å². The molecule has 0 aliphatic heterocycles. The molecule has 0 unspecified atom stereocenters. The van der Waals surface area contributed by atoms with Crippen LogP contribution in [0.1, 0.15) is 56.5 Å². The van der Waals surface area contributed by atoms with Gasteiger partial charge < -0.3 is 19.2 Å². The fourth-order valence-electron chi connectivity index (χ4n) is 4.54. The summed E-state index contributed by atoms with van der Waals surface area (Å²) in [5, 5.41) is 4.15. The van der Waals surface area contributed by atoms with Crippen molar-refractivity contribution in [3.63, 3.8) is 0 Å². The van der Waals surface area contributed by atoms with Crippen LogP contribution in [0.2, 0.25) is 0 Å². The summed E-state index contributed by atoms with van der Waals surface area (Å²) in [7, 11) is 1.59. The first-order chi connectivity index (χ1) is 18.0. The van der Waals surface area contributed by atoms with Crippen molar-refractivity contribution < 1.29 is 23.5 Å². The van der Waals surface area contributed by atoms with E-state index in [-0.39, 0.29) is 23.6 Å². The average Bonchev–Trinajstić information content (AvgIpc) is 3.26. The number of rotatable bonds is 6. The van der Waals surface area contributed by atoms with Crippen LogP contribution in [0.5, 0.6) is 5.75 Å². The number of anilines is 1. The minimum Gasteiger partial charge on any atom is -0.497 e. The zero-order chi connectivity index (χ0) is 25.9. The van der Waals surface area contributed by atoms with Gasteiger partial charge in [0.05, 0.1) is 19.3 Å². The van der Waals surface area contributed by atoms with Crippen molar-refractivity contribution in [2.24, 2.45) is 4.99 Å². The molecule has 0 bridgehead atoms. The number of esters is 1. The Balaban J connectivity index is 1.69. The third-order valence-corrected chi connectivity index (χ3v) is 7.50. The van der Waals surface area contributed by atoms with E-state index in [1.54, 1.807) is 38.3 Å². The second-order valence-corrected chi connectivity index (χ2v) is 10.00. The van der Waals surface area contributed by atoms with Crippen molar-refractivity contribution in [1.82, 2.24) is 0 Å². The number of nitrogens with zero attached hydrogens (tertiary/aromatic N) is 1. The van der Waals surface area contributed by atoms with E-state index >= 15 is 0 Å². The number of amides is 1. The Morgan fingerprint density at radius 1 is 1.11 bits per heavy atom. The maximum absolute atomic E-state index is 13.5.